The summed E-state index contributed by atoms with van der Waals surface area (Å²) in [7, 11) is 0. The fourth-order valence-electron chi connectivity index (χ4n) is 3.65. The standard InChI is InChI=1S/C15H28.C3H6/c1-3-8-14(9-4-1)12-7-13-15-10-5-2-6-11-15;1-2-3-1/h14-15H,1-13H2;1-3H2. The van der Waals surface area contributed by atoms with E-state index in [1.807, 2.05) is 0 Å². The van der Waals surface area contributed by atoms with Crippen LogP contribution in [0.1, 0.15) is 103 Å². The Kier molecular flexibility index (Phi) is 7.20. The molecule has 0 aromatic carbocycles. The van der Waals surface area contributed by atoms with Crippen LogP contribution in [0.3, 0.4) is 0 Å². The van der Waals surface area contributed by atoms with E-state index in [-0.39, 0.29) is 0 Å². The molecule has 0 spiro atoms. The van der Waals surface area contributed by atoms with Gasteiger partial charge in [0, 0.05) is 0 Å². The SMILES string of the molecule is C1CC1.C1CCC(CCCC2CCCCC2)CC1. The van der Waals surface area contributed by atoms with Gasteiger partial charge in [-0.05, 0) is 11.8 Å². The first-order valence-corrected chi connectivity index (χ1v) is 8.95. The molecule has 3 saturated carbocycles. The number of rotatable bonds is 4. The van der Waals surface area contributed by atoms with Crippen molar-refractivity contribution in [1.29, 1.82) is 0 Å². The molecule has 0 aromatic heterocycles. The summed E-state index contributed by atoms with van der Waals surface area (Å²) >= 11 is 0. The molecule has 0 heteroatoms. The lowest BCUT2D eigenvalue weighted by Crippen LogP contribution is -2.09. The maximum absolute atomic E-state index is 1.55. The average Bonchev–Trinajstić information content (AvgIpc) is 3.29. The van der Waals surface area contributed by atoms with Crippen molar-refractivity contribution in [2.24, 2.45) is 11.8 Å². The zero-order valence-corrected chi connectivity index (χ0v) is 12.5. The van der Waals surface area contributed by atoms with E-state index in [0.717, 1.165) is 11.8 Å². The van der Waals surface area contributed by atoms with Crippen LogP contribution < -0.4 is 0 Å². The van der Waals surface area contributed by atoms with Crippen LogP contribution >= 0.6 is 0 Å². The normalized spacial score (nSPS) is 25.3. The summed E-state index contributed by atoms with van der Waals surface area (Å²) in [6.45, 7) is 0. The second kappa shape index (κ2) is 8.99. The molecule has 3 fully saturated rings. The Labute approximate surface area is 115 Å². The molecule has 3 aliphatic rings. The fourth-order valence-corrected chi connectivity index (χ4v) is 3.65. The molecule has 18 heavy (non-hydrogen) atoms. The second-order valence-electron chi connectivity index (χ2n) is 7.00. The van der Waals surface area contributed by atoms with Gasteiger partial charge in [-0.3, -0.25) is 0 Å². The molecular weight excluding hydrogens is 216 g/mol. The van der Waals surface area contributed by atoms with Gasteiger partial charge < -0.3 is 0 Å². The lowest BCUT2D eigenvalue weighted by Gasteiger charge is -2.24. The van der Waals surface area contributed by atoms with E-state index in [1.165, 1.54) is 64.2 Å². The van der Waals surface area contributed by atoms with Gasteiger partial charge in [-0.15, -0.1) is 0 Å². The van der Waals surface area contributed by atoms with E-state index >= 15 is 0 Å². The molecule has 0 heterocycles. The third-order valence-electron chi connectivity index (χ3n) is 5.03. The first-order valence-electron chi connectivity index (χ1n) is 8.95. The average molecular weight is 250 g/mol. The summed E-state index contributed by atoms with van der Waals surface area (Å²) in [6, 6.07) is 0. The molecule has 106 valence electrons. The minimum absolute atomic E-state index is 1.11. The highest BCUT2D eigenvalue weighted by molar-refractivity contribution is 4.69. The predicted molar refractivity (Wildman–Crippen MR) is 80.9 cm³/mol. The Balaban J connectivity index is 0.000000350. The van der Waals surface area contributed by atoms with Gasteiger partial charge in [0.05, 0.1) is 0 Å². The maximum atomic E-state index is 1.55. The molecule has 3 aliphatic carbocycles. The van der Waals surface area contributed by atoms with E-state index in [4.69, 9.17) is 0 Å². The minimum Gasteiger partial charge on any atom is -0.0533 e. The molecule has 0 unspecified atom stereocenters. The molecule has 0 saturated heterocycles. The molecule has 0 radical (unpaired) electrons. The molecule has 3 rings (SSSR count). The van der Waals surface area contributed by atoms with Crippen molar-refractivity contribution in [2.45, 2.75) is 103 Å². The highest BCUT2D eigenvalue weighted by atomic mass is 14.2. The van der Waals surface area contributed by atoms with Crippen molar-refractivity contribution < 1.29 is 0 Å². The number of hydrogen-bond donors (Lipinski definition) is 0. The summed E-state index contributed by atoms with van der Waals surface area (Å²) in [6.07, 6.45) is 24.4. The van der Waals surface area contributed by atoms with Gasteiger partial charge >= 0.3 is 0 Å². The second-order valence-corrected chi connectivity index (χ2v) is 7.00. The van der Waals surface area contributed by atoms with Crippen LogP contribution in [0.25, 0.3) is 0 Å². The molecule has 0 bridgehead atoms. The molecule has 0 aromatic rings. The Morgan fingerprint density at radius 1 is 0.444 bits per heavy atom. The highest BCUT2D eigenvalue weighted by Gasteiger charge is 2.16. The fraction of sp³-hybridized carbons (Fsp3) is 1.00. The topological polar surface area (TPSA) is 0 Å². The summed E-state index contributed by atoms with van der Waals surface area (Å²) in [5.74, 6) is 2.23. The third kappa shape index (κ3) is 6.81. The molecule has 0 atom stereocenters. The largest absolute Gasteiger partial charge is 0.0533 e. The van der Waals surface area contributed by atoms with E-state index in [0.29, 0.717) is 0 Å². The van der Waals surface area contributed by atoms with Gasteiger partial charge in [-0.1, -0.05) is 103 Å². The van der Waals surface area contributed by atoms with Gasteiger partial charge in [-0.25, -0.2) is 0 Å². The van der Waals surface area contributed by atoms with Gasteiger partial charge in [-0.2, -0.15) is 0 Å². The summed E-state index contributed by atoms with van der Waals surface area (Å²) in [5, 5.41) is 0. The molecule has 0 amide bonds. The summed E-state index contributed by atoms with van der Waals surface area (Å²) in [5.41, 5.74) is 0. The van der Waals surface area contributed by atoms with Crippen LogP contribution in [0.15, 0.2) is 0 Å². The minimum atomic E-state index is 1.11. The van der Waals surface area contributed by atoms with Crippen LogP contribution in [0.4, 0.5) is 0 Å². The van der Waals surface area contributed by atoms with Crippen LogP contribution in [-0.4, -0.2) is 0 Å². The molecule has 0 nitrogen and oxygen atoms in total. The van der Waals surface area contributed by atoms with Crippen molar-refractivity contribution in [3.63, 3.8) is 0 Å². The van der Waals surface area contributed by atoms with Gasteiger partial charge in [0.25, 0.3) is 0 Å². The van der Waals surface area contributed by atoms with Crippen LogP contribution in [0.2, 0.25) is 0 Å². The zero-order valence-electron chi connectivity index (χ0n) is 12.5. The lowest BCUT2D eigenvalue weighted by molar-refractivity contribution is 0.291. The number of hydrogen-bond acceptors (Lipinski definition) is 0. The Morgan fingerprint density at radius 2 is 0.778 bits per heavy atom. The van der Waals surface area contributed by atoms with Crippen molar-refractivity contribution >= 4 is 0 Å². The summed E-state index contributed by atoms with van der Waals surface area (Å²) in [4.78, 5) is 0. The van der Waals surface area contributed by atoms with Crippen molar-refractivity contribution in [1.82, 2.24) is 0 Å². The molecule has 0 aliphatic heterocycles. The quantitative estimate of drug-likeness (QED) is 0.535. The Morgan fingerprint density at radius 3 is 1.11 bits per heavy atom. The van der Waals surface area contributed by atoms with Crippen LogP contribution in [0.5, 0.6) is 0 Å². The smallest absolute Gasteiger partial charge is 0.0414 e. The monoisotopic (exact) mass is 250 g/mol. The van der Waals surface area contributed by atoms with Crippen molar-refractivity contribution in [2.75, 3.05) is 0 Å². The van der Waals surface area contributed by atoms with Gasteiger partial charge in [0.2, 0.25) is 0 Å². The van der Waals surface area contributed by atoms with E-state index < -0.39 is 0 Å². The van der Waals surface area contributed by atoms with Gasteiger partial charge in [0.15, 0.2) is 0 Å². The lowest BCUT2D eigenvalue weighted by atomic mass is 9.82. The predicted octanol–water partition coefficient (Wildman–Crippen LogP) is 6.49. The Hall–Kier alpha value is 0. The van der Waals surface area contributed by atoms with E-state index in [9.17, 15) is 0 Å². The zero-order chi connectivity index (χ0) is 12.5. The van der Waals surface area contributed by atoms with Crippen LogP contribution in [0, 0.1) is 11.8 Å². The van der Waals surface area contributed by atoms with E-state index in [2.05, 4.69) is 0 Å². The molecule has 0 N–H and O–H groups in total. The Bertz CT molecular complexity index is 161. The highest BCUT2D eigenvalue weighted by Crippen LogP contribution is 2.31. The van der Waals surface area contributed by atoms with Crippen molar-refractivity contribution in [3.8, 4) is 0 Å². The first-order chi connectivity index (χ1) is 8.95. The first kappa shape index (κ1) is 14.4. The van der Waals surface area contributed by atoms with Crippen molar-refractivity contribution in [3.05, 3.63) is 0 Å². The van der Waals surface area contributed by atoms with E-state index in [1.54, 1.807) is 38.5 Å². The summed E-state index contributed by atoms with van der Waals surface area (Å²) < 4.78 is 0. The maximum Gasteiger partial charge on any atom is -0.0414 e. The van der Waals surface area contributed by atoms with Gasteiger partial charge in [0.1, 0.15) is 0 Å². The third-order valence-corrected chi connectivity index (χ3v) is 5.03. The molecular formula is C18H34. The van der Waals surface area contributed by atoms with Crippen LogP contribution in [-0.2, 0) is 0 Å².